The molecule has 2 aromatic rings. The fourth-order valence-electron chi connectivity index (χ4n) is 2.30. The van der Waals surface area contributed by atoms with Crippen LogP contribution < -0.4 is 5.32 Å². The van der Waals surface area contributed by atoms with Gasteiger partial charge in [0.15, 0.2) is 5.13 Å². The normalized spacial score (nSPS) is 10.5. The number of rotatable bonds is 6. The Morgan fingerprint density at radius 1 is 1.45 bits per heavy atom. The largest absolute Gasteiger partial charge is 0.302 e. The summed E-state index contributed by atoms with van der Waals surface area (Å²) < 4.78 is 1.84. The van der Waals surface area contributed by atoms with E-state index < -0.39 is 0 Å². The highest BCUT2D eigenvalue weighted by atomic mass is 32.1. The highest BCUT2D eigenvalue weighted by Gasteiger charge is 2.13. The molecule has 0 saturated carbocycles. The van der Waals surface area contributed by atoms with E-state index in [9.17, 15) is 4.79 Å². The lowest BCUT2D eigenvalue weighted by atomic mass is 10.1. The molecule has 0 unspecified atom stereocenters. The summed E-state index contributed by atoms with van der Waals surface area (Å²) in [5.74, 6) is -0.0436. The molecule has 1 N–H and O–H groups in total. The van der Waals surface area contributed by atoms with Crippen molar-refractivity contribution in [1.29, 1.82) is 5.26 Å². The average Bonchev–Trinajstić information content (AvgIpc) is 2.99. The van der Waals surface area contributed by atoms with Crippen LogP contribution in [0.5, 0.6) is 0 Å². The highest BCUT2D eigenvalue weighted by Crippen LogP contribution is 2.17. The van der Waals surface area contributed by atoms with Crippen molar-refractivity contribution in [3.05, 3.63) is 28.0 Å². The van der Waals surface area contributed by atoms with Crippen LogP contribution in [0.25, 0.3) is 0 Å². The number of carbonyl (C=O) groups is 1. The summed E-state index contributed by atoms with van der Waals surface area (Å²) in [4.78, 5) is 16.2. The molecular formula is C15H19N5OS. The number of thiazole rings is 1. The molecule has 0 radical (unpaired) electrons. The number of nitrogens with zero attached hydrogens (tertiary/aromatic N) is 4. The lowest BCUT2D eigenvalue weighted by Gasteiger charge is -2.04. The molecule has 116 valence electrons. The third kappa shape index (κ3) is 3.92. The zero-order chi connectivity index (χ0) is 16.1. The number of aryl methyl sites for hydroxylation is 3. The monoisotopic (exact) mass is 317 g/mol. The van der Waals surface area contributed by atoms with E-state index in [1.807, 2.05) is 30.8 Å². The summed E-state index contributed by atoms with van der Waals surface area (Å²) in [5, 5.41) is 18.5. The molecule has 0 aliphatic carbocycles. The van der Waals surface area contributed by atoms with Gasteiger partial charge in [-0.2, -0.15) is 10.4 Å². The Hall–Kier alpha value is -2.20. The summed E-state index contributed by atoms with van der Waals surface area (Å²) in [5.41, 5.74) is 3.95. The molecule has 0 atom stereocenters. The molecule has 0 bridgehead atoms. The lowest BCUT2D eigenvalue weighted by molar-refractivity contribution is -0.116. The zero-order valence-corrected chi connectivity index (χ0v) is 13.8. The van der Waals surface area contributed by atoms with Crippen molar-refractivity contribution in [2.75, 3.05) is 5.32 Å². The van der Waals surface area contributed by atoms with Gasteiger partial charge in [-0.25, -0.2) is 4.98 Å². The minimum absolute atomic E-state index is 0.0436. The van der Waals surface area contributed by atoms with E-state index in [-0.39, 0.29) is 5.91 Å². The average molecular weight is 317 g/mol. The highest BCUT2D eigenvalue weighted by molar-refractivity contribution is 7.13. The molecule has 2 heterocycles. The van der Waals surface area contributed by atoms with Crippen LogP contribution in [-0.2, 0) is 17.8 Å². The minimum atomic E-state index is -0.0436. The van der Waals surface area contributed by atoms with Crippen molar-refractivity contribution >= 4 is 22.4 Å². The second kappa shape index (κ2) is 7.18. The molecule has 0 aromatic carbocycles. The van der Waals surface area contributed by atoms with E-state index in [4.69, 9.17) is 5.26 Å². The molecule has 22 heavy (non-hydrogen) atoms. The van der Waals surface area contributed by atoms with Crippen molar-refractivity contribution < 1.29 is 4.79 Å². The molecule has 2 aromatic heterocycles. The van der Waals surface area contributed by atoms with Crippen LogP contribution in [0, 0.1) is 32.1 Å². The van der Waals surface area contributed by atoms with Gasteiger partial charge in [0.05, 0.1) is 30.4 Å². The predicted octanol–water partition coefficient (Wildman–Crippen LogP) is 2.75. The first kappa shape index (κ1) is 16.2. The fraction of sp³-hybridized carbons (Fsp3) is 0.467. The molecule has 0 fully saturated rings. The van der Waals surface area contributed by atoms with Crippen LogP contribution in [0.4, 0.5) is 5.13 Å². The van der Waals surface area contributed by atoms with Gasteiger partial charge in [-0.1, -0.05) is 0 Å². The van der Waals surface area contributed by atoms with E-state index in [0.29, 0.717) is 30.9 Å². The van der Waals surface area contributed by atoms with Crippen molar-refractivity contribution in [3.63, 3.8) is 0 Å². The van der Waals surface area contributed by atoms with Gasteiger partial charge < -0.3 is 5.32 Å². The van der Waals surface area contributed by atoms with E-state index in [2.05, 4.69) is 21.5 Å². The van der Waals surface area contributed by atoms with Crippen molar-refractivity contribution in [2.24, 2.45) is 0 Å². The predicted molar refractivity (Wildman–Crippen MR) is 85.7 cm³/mol. The van der Waals surface area contributed by atoms with E-state index >= 15 is 0 Å². The van der Waals surface area contributed by atoms with E-state index in [1.165, 1.54) is 11.3 Å². The molecule has 1 amide bonds. The van der Waals surface area contributed by atoms with Crippen molar-refractivity contribution in [1.82, 2.24) is 14.8 Å². The molecule has 0 aliphatic heterocycles. The number of amides is 1. The van der Waals surface area contributed by atoms with Crippen LogP contribution in [0.15, 0.2) is 5.38 Å². The summed E-state index contributed by atoms with van der Waals surface area (Å²) >= 11 is 1.43. The van der Waals surface area contributed by atoms with Crippen LogP contribution in [0.1, 0.15) is 35.5 Å². The van der Waals surface area contributed by atoms with E-state index in [1.54, 1.807) is 0 Å². The van der Waals surface area contributed by atoms with E-state index in [0.717, 1.165) is 22.6 Å². The smallest absolute Gasteiger partial charge is 0.226 e. The third-order valence-corrected chi connectivity index (χ3v) is 4.31. The molecule has 0 spiro atoms. The summed E-state index contributed by atoms with van der Waals surface area (Å²) in [7, 11) is 0. The second-order valence-corrected chi connectivity index (χ2v) is 5.98. The van der Waals surface area contributed by atoms with Gasteiger partial charge in [-0.3, -0.25) is 9.48 Å². The van der Waals surface area contributed by atoms with Gasteiger partial charge >= 0.3 is 0 Å². The first-order valence-corrected chi connectivity index (χ1v) is 8.01. The molecular weight excluding hydrogens is 298 g/mol. The Labute approximate surface area is 133 Å². The number of aromatic nitrogens is 3. The Morgan fingerprint density at radius 3 is 2.86 bits per heavy atom. The van der Waals surface area contributed by atoms with Crippen LogP contribution in [0.2, 0.25) is 0 Å². The minimum Gasteiger partial charge on any atom is -0.302 e. The summed E-state index contributed by atoms with van der Waals surface area (Å²) in [6.07, 6.45) is 1.47. The third-order valence-electron chi connectivity index (χ3n) is 3.43. The molecule has 7 heteroatoms. The number of nitriles is 1. The maximum absolute atomic E-state index is 12.0. The SMILES string of the molecule is Cc1csc(NC(=O)CCc2c(C)nn(CCC#N)c2C)n1. The fourth-order valence-corrected chi connectivity index (χ4v) is 3.01. The number of hydrogen-bond donors (Lipinski definition) is 1. The van der Waals surface area contributed by atoms with Crippen LogP contribution in [-0.4, -0.2) is 20.7 Å². The van der Waals surface area contributed by atoms with Crippen molar-refractivity contribution in [3.8, 4) is 6.07 Å². The van der Waals surface area contributed by atoms with Gasteiger partial charge in [0, 0.05) is 17.5 Å². The van der Waals surface area contributed by atoms with Gasteiger partial charge in [-0.15, -0.1) is 11.3 Å². The Morgan fingerprint density at radius 2 is 2.23 bits per heavy atom. The first-order valence-electron chi connectivity index (χ1n) is 7.13. The zero-order valence-electron chi connectivity index (χ0n) is 13.0. The van der Waals surface area contributed by atoms with Crippen molar-refractivity contribution in [2.45, 2.75) is 46.6 Å². The molecule has 0 saturated heterocycles. The molecule has 6 nitrogen and oxygen atoms in total. The van der Waals surface area contributed by atoms with Crippen LogP contribution in [0.3, 0.4) is 0 Å². The Bertz CT molecular complexity index is 710. The van der Waals surface area contributed by atoms with Gasteiger partial charge in [-0.05, 0) is 32.8 Å². The number of carbonyl (C=O) groups excluding carboxylic acids is 1. The molecule has 0 aliphatic rings. The Kier molecular flexibility index (Phi) is 5.28. The lowest BCUT2D eigenvalue weighted by Crippen LogP contribution is -2.12. The topological polar surface area (TPSA) is 83.6 Å². The number of nitrogens with one attached hydrogen (secondary N) is 1. The summed E-state index contributed by atoms with van der Waals surface area (Å²) in [6, 6.07) is 2.12. The standard InChI is InChI=1S/C15H19N5OS/c1-10-9-22-15(17-10)18-14(21)6-5-13-11(2)19-20(12(13)3)8-4-7-16/h9H,4-6,8H2,1-3H3,(H,17,18,21). The summed E-state index contributed by atoms with van der Waals surface area (Å²) in [6.45, 7) is 6.41. The Balaban J connectivity index is 1.95. The van der Waals surface area contributed by atoms with Crippen LogP contribution >= 0.6 is 11.3 Å². The van der Waals surface area contributed by atoms with Gasteiger partial charge in [0.1, 0.15) is 0 Å². The van der Waals surface area contributed by atoms with Gasteiger partial charge in [0.25, 0.3) is 0 Å². The first-order chi connectivity index (χ1) is 10.5. The molecule has 2 rings (SSSR count). The number of hydrogen-bond acceptors (Lipinski definition) is 5. The van der Waals surface area contributed by atoms with Gasteiger partial charge in [0.2, 0.25) is 5.91 Å². The number of anilines is 1. The maximum Gasteiger partial charge on any atom is 0.226 e. The second-order valence-electron chi connectivity index (χ2n) is 5.12. The maximum atomic E-state index is 12.0. The quantitative estimate of drug-likeness (QED) is 0.888.